The summed E-state index contributed by atoms with van der Waals surface area (Å²) in [7, 11) is 0. The standard InChI is InChI=1S/C25H26N2O5/c28-23(27-10-8-25(9-11-27)31-12-13-32-25)14-19(18-5-3-7-22-24(18)30-16-29-22)20-15-26-21-6-2-1-4-17(20)21/h1-7,15,19,26H,8-14,16H2. The molecule has 0 aliphatic carbocycles. The minimum atomic E-state index is -0.488. The number of aromatic nitrogens is 1. The van der Waals surface area contributed by atoms with Gasteiger partial charge in [-0.15, -0.1) is 0 Å². The van der Waals surface area contributed by atoms with Gasteiger partial charge in [0.2, 0.25) is 12.7 Å². The number of nitrogens with one attached hydrogen (secondary N) is 1. The van der Waals surface area contributed by atoms with Gasteiger partial charge in [-0.3, -0.25) is 4.79 Å². The molecular formula is C25H26N2O5. The van der Waals surface area contributed by atoms with Crippen molar-refractivity contribution in [3.8, 4) is 11.5 Å². The zero-order chi connectivity index (χ0) is 21.5. The van der Waals surface area contributed by atoms with Gasteiger partial charge in [0.15, 0.2) is 17.3 Å². The van der Waals surface area contributed by atoms with E-state index in [1.165, 1.54) is 0 Å². The van der Waals surface area contributed by atoms with Gasteiger partial charge >= 0.3 is 0 Å². The Bertz CT molecular complexity index is 1140. The number of piperidine rings is 1. The number of H-pyrrole nitrogens is 1. The maximum atomic E-state index is 13.5. The zero-order valence-electron chi connectivity index (χ0n) is 17.8. The van der Waals surface area contributed by atoms with Crippen molar-refractivity contribution in [3.63, 3.8) is 0 Å². The Hall–Kier alpha value is -3.03. The quantitative estimate of drug-likeness (QED) is 0.677. The highest BCUT2D eigenvalue weighted by atomic mass is 16.7. The van der Waals surface area contributed by atoms with Crippen molar-refractivity contribution < 1.29 is 23.7 Å². The fraction of sp³-hybridized carbons (Fsp3) is 0.400. The van der Waals surface area contributed by atoms with Crippen molar-refractivity contribution in [2.24, 2.45) is 0 Å². The molecule has 1 unspecified atom stereocenters. The van der Waals surface area contributed by atoms with Gasteiger partial charge in [-0.1, -0.05) is 30.3 Å². The third kappa shape index (κ3) is 3.32. The molecule has 1 spiro atoms. The molecule has 2 aromatic carbocycles. The normalized spacial score (nSPS) is 20.2. The van der Waals surface area contributed by atoms with E-state index in [9.17, 15) is 4.79 Å². The molecule has 1 amide bonds. The molecule has 2 saturated heterocycles. The van der Waals surface area contributed by atoms with Gasteiger partial charge in [-0.05, 0) is 17.7 Å². The average Bonchev–Trinajstić information content (AvgIpc) is 3.58. The number of carbonyl (C=O) groups excluding carboxylic acids is 1. The molecule has 3 aliphatic heterocycles. The number of benzene rings is 2. The monoisotopic (exact) mass is 434 g/mol. The number of aromatic amines is 1. The fourth-order valence-corrected chi connectivity index (χ4v) is 5.18. The number of likely N-dealkylation sites (tertiary alicyclic amines) is 1. The summed E-state index contributed by atoms with van der Waals surface area (Å²) in [5.41, 5.74) is 3.13. The van der Waals surface area contributed by atoms with Gasteiger partial charge in [0.05, 0.1) is 13.2 Å². The van der Waals surface area contributed by atoms with Gasteiger partial charge < -0.3 is 28.8 Å². The van der Waals surface area contributed by atoms with E-state index in [4.69, 9.17) is 18.9 Å². The second-order valence-electron chi connectivity index (χ2n) is 8.62. The van der Waals surface area contributed by atoms with E-state index in [0.717, 1.165) is 33.5 Å². The highest BCUT2D eigenvalue weighted by molar-refractivity contribution is 5.86. The molecule has 1 N–H and O–H groups in total. The lowest BCUT2D eigenvalue weighted by Crippen LogP contribution is -2.47. The molecule has 32 heavy (non-hydrogen) atoms. The van der Waals surface area contributed by atoms with Crippen LogP contribution < -0.4 is 9.47 Å². The van der Waals surface area contributed by atoms with E-state index in [-0.39, 0.29) is 18.6 Å². The van der Waals surface area contributed by atoms with Gasteiger partial charge in [-0.25, -0.2) is 0 Å². The van der Waals surface area contributed by atoms with Gasteiger partial charge in [-0.2, -0.15) is 0 Å². The number of hydrogen-bond donors (Lipinski definition) is 1. The summed E-state index contributed by atoms with van der Waals surface area (Å²) in [6, 6.07) is 14.1. The summed E-state index contributed by atoms with van der Waals surface area (Å²) < 4.78 is 23.1. The summed E-state index contributed by atoms with van der Waals surface area (Å²) in [5, 5.41) is 1.12. The smallest absolute Gasteiger partial charge is 0.231 e. The Morgan fingerprint density at radius 2 is 1.81 bits per heavy atom. The minimum absolute atomic E-state index is 0.129. The number of nitrogens with zero attached hydrogens (tertiary/aromatic N) is 1. The van der Waals surface area contributed by atoms with E-state index < -0.39 is 5.79 Å². The first-order chi connectivity index (χ1) is 15.7. The summed E-state index contributed by atoms with van der Waals surface area (Å²) in [6.07, 6.45) is 3.81. The molecule has 4 heterocycles. The molecule has 3 aliphatic rings. The van der Waals surface area contributed by atoms with Gasteiger partial charge in [0, 0.05) is 60.9 Å². The molecule has 166 valence electrons. The van der Waals surface area contributed by atoms with Crippen LogP contribution in [0.4, 0.5) is 0 Å². The van der Waals surface area contributed by atoms with Gasteiger partial charge in [0.1, 0.15) is 0 Å². The van der Waals surface area contributed by atoms with Crippen molar-refractivity contribution in [2.45, 2.75) is 31.0 Å². The summed E-state index contributed by atoms with van der Waals surface area (Å²) >= 11 is 0. The third-order valence-corrected chi connectivity index (χ3v) is 6.87. The highest BCUT2D eigenvalue weighted by Crippen LogP contribution is 2.44. The second-order valence-corrected chi connectivity index (χ2v) is 8.62. The van der Waals surface area contributed by atoms with Gasteiger partial charge in [0.25, 0.3) is 0 Å². The second kappa shape index (κ2) is 7.83. The summed E-state index contributed by atoms with van der Waals surface area (Å²) in [6.45, 7) is 2.77. The average molecular weight is 434 g/mol. The Morgan fingerprint density at radius 1 is 1.00 bits per heavy atom. The first kappa shape index (κ1) is 19.6. The molecule has 6 rings (SSSR count). The molecular weight excluding hydrogens is 408 g/mol. The zero-order valence-corrected chi connectivity index (χ0v) is 17.8. The summed E-state index contributed by atoms with van der Waals surface area (Å²) in [4.78, 5) is 18.8. The van der Waals surface area contributed by atoms with Crippen LogP contribution >= 0.6 is 0 Å². The van der Waals surface area contributed by atoms with Crippen LogP contribution in [0, 0.1) is 0 Å². The largest absolute Gasteiger partial charge is 0.454 e. The number of fused-ring (bicyclic) bond motifs is 2. The number of ether oxygens (including phenoxy) is 4. The predicted octanol–water partition coefficient (Wildman–Crippen LogP) is 3.78. The van der Waals surface area contributed by atoms with Crippen LogP contribution in [0.3, 0.4) is 0 Å². The van der Waals surface area contributed by atoms with Crippen LogP contribution in [0.1, 0.15) is 36.3 Å². The molecule has 7 nitrogen and oxygen atoms in total. The van der Waals surface area contributed by atoms with E-state index in [0.29, 0.717) is 45.6 Å². The highest BCUT2D eigenvalue weighted by Gasteiger charge is 2.41. The Balaban J connectivity index is 1.31. The SMILES string of the molecule is O=C(CC(c1cccc2c1OCO2)c1c[nH]c2ccccc12)N1CCC2(CC1)OCCO2. The first-order valence-corrected chi connectivity index (χ1v) is 11.2. The van der Waals surface area contributed by atoms with E-state index >= 15 is 0 Å². The number of hydrogen-bond acceptors (Lipinski definition) is 5. The van der Waals surface area contributed by atoms with Crippen LogP contribution in [-0.4, -0.2) is 54.7 Å². The summed E-state index contributed by atoms with van der Waals surface area (Å²) in [5.74, 6) is 0.962. The van der Waals surface area contributed by atoms with Crippen LogP contribution in [0.15, 0.2) is 48.7 Å². The lowest BCUT2D eigenvalue weighted by atomic mass is 9.86. The van der Waals surface area contributed by atoms with Crippen LogP contribution in [0.25, 0.3) is 10.9 Å². The molecule has 0 bridgehead atoms. The number of carbonyl (C=O) groups is 1. The molecule has 1 atom stereocenters. The molecule has 2 fully saturated rings. The number of para-hydroxylation sites is 2. The van der Waals surface area contributed by atoms with Crippen molar-refractivity contribution >= 4 is 16.8 Å². The third-order valence-electron chi connectivity index (χ3n) is 6.87. The lowest BCUT2D eigenvalue weighted by molar-refractivity contribution is -0.187. The molecule has 3 aromatic rings. The Labute approximate surface area is 186 Å². The Kier molecular flexibility index (Phi) is 4.81. The van der Waals surface area contributed by atoms with Crippen molar-refractivity contribution in [1.82, 2.24) is 9.88 Å². The molecule has 0 radical (unpaired) electrons. The maximum absolute atomic E-state index is 13.5. The van der Waals surface area contributed by atoms with E-state index in [1.54, 1.807) is 0 Å². The van der Waals surface area contributed by atoms with E-state index in [2.05, 4.69) is 17.1 Å². The maximum Gasteiger partial charge on any atom is 0.231 e. The van der Waals surface area contributed by atoms with Crippen molar-refractivity contribution in [1.29, 1.82) is 0 Å². The number of rotatable bonds is 4. The predicted molar refractivity (Wildman–Crippen MR) is 118 cm³/mol. The van der Waals surface area contributed by atoms with E-state index in [1.807, 2.05) is 41.4 Å². The molecule has 7 heteroatoms. The Morgan fingerprint density at radius 3 is 2.66 bits per heavy atom. The fourth-order valence-electron chi connectivity index (χ4n) is 5.18. The first-order valence-electron chi connectivity index (χ1n) is 11.2. The van der Waals surface area contributed by atoms with Crippen molar-refractivity contribution in [2.75, 3.05) is 33.1 Å². The molecule has 0 saturated carbocycles. The van der Waals surface area contributed by atoms with Crippen LogP contribution in [-0.2, 0) is 14.3 Å². The topological polar surface area (TPSA) is 73.0 Å². The van der Waals surface area contributed by atoms with Crippen LogP contribution in [0.5, 0.6) is 11.5 Å². The minimum Gasteiger partial charge on any atom is -0.454 e. The number of amides is 1. The molecule has 1 aromatic heterocycles. The lowest BCUT2D eigenvalue weighted by Gasteiger charge is -2.38. The van der Waals surface area contributed by atoms with Crippen molar-refractivity contribution in [3.05, 3.63) is 59.8 Å². The van der Waals surface area contributed by atoms with Crippen LogP contribution in [0.2, 0.25) is 0 Å².